The normalized spacial score (nSPS) is 12.8. The number of nitrogens with zero attached hydrogens (tertiary/aromatic N) is 3. The average molecular weight is 777 g/mol. The van der Waals surface area contributed by atoms with Gasteiger partial charge in [-0.1, -0.05) is 89.8 Å². The molecule has 0 fully saturated rings. The zero-order chi connectivity index (χ0) is 34.7. The molecule has 0 bridgehead atoms. The number of fused-ring (bicyclic) bond motifs is 3. The Balaban J connectivity index is 0.000000291. The van der Waals surface area contributed by atoms with E-state index < -0.39 is 13.2 Å². The molecule has 5 heteroatoms. The van der Waals surface area contributed by atoms with E-state index in [0.29, 0.717) is 33.7 Å². The summed E-state index contributed by atoms with van der Waals surface area (Å²) in [6.45, 7) is -2.33. The van der Waals surface area contributed by atoms with E-state index in [9.17, 15) is 0 Å². The second kappa shape index (κ2) is 14.3. The zero-order valence-corrected chi connectivity index (χ0v) is 26.8. The molecule has 0 saturated heterocycles. The molecule has 0 unspecified atom stereocenters. The molecule has 1 radical (unpaired) electrons. The Morgan fingerprint density at radius 2 is 1.54 bits per heavy atom. The summed E-state index contributed by atoms with van der Waals surface area (Å²) >= 11 is 0. The van der Waals surface area contributed by atoms with Crippen molar-refractivity contribution >= 4 is 22.1 Å². The van der Waals surface area contributed by atoms with Gasteiger partial charge in [-0.3, -0.25) is 0 Å². The smallest absolute Gasteiger partial charge is 0.216 e. The van der Waals surface area contributed by atoms with Crippen molar-refractivity contribution in [1.29, 1.82) is 0 Å². The Morgan fingerprint density at radius 1 is 0.739 bits per heavy atom. The van der Waals surface area contributed by atoms with E-state index in [-0.39, 0.29) is 31.4 Å². The van der Waals surface area contributed by atoms with Gasteiger partial charge in [-0.15, -0.1) is 54.1 Å². The second-order valence-corrected chi connectivity index (χ2v) is 10.2. The second-order valence-electron chi connectivity index (χ2n) is 10.2. The van der Waals surface area contributed by atoms with Crippen molar-refractivity contribution in [2.24, 2.45) is 0 Å². The number of aromatic nitrogens is 3. The molecular formula is C41H29IrN3O-2. The predicted octanol–water partition coefficient (Wildman–Crippen LogP) is 9.96. The van der Waals surface area contributed by atoms with Gasteiger partial charge in [0.15, 0.2) is 0 Å². The van der Waals surface area contributed by atoms with Crippen molar-refractivity contribution in [3.8, 4) is 33.6 Å². The van der Waals surface area contributed by atoms with Gasteiger partial charge in [0.2, 0.25) is 5.71 Å². The summed E-state index contributed by atoms with van der Waals surface area (Å²) in [5.74, 6) is 0. The van der Waals surface area contributed by atoms with Gasteiger partial charge in [-0.05, 0) is 58.7 Å². The van der Waals surface area contributed by atoms with E-state index >= 15 is 0 Å². The number of aryl methyl sites for hydroxylation is 1. The predicted molar refractivity (Wildman–Crippen MR) is 182 cm³/mol. The number of hydrogen-bond acceptors (Lipinski definition) is 4. The SMILES string of the molecule is [2H]C([2H])([2H])c1cnc(-c2[c-]ccc3c2oc2nc(C([2H])([2H])c4ccccc4)ccc23)cc1-c1ccccc1.[Ir].[c-]1ccccc1-c1ccccn1. The third-order valence-electron chi connectivity index (χ3n) is 7.24. The topological polar surface area (TPSA) is 51.8 Å². The monoisotopic (exact) mass is 777 g/mol. The van der Waals surface area contributed by atoms with Crippen LogP contribution in [0.1, 0.15) is 23.7 Å². The minimum absolute atomic E-state index is 0. The maximum absolute atomic E-state index is 8.67. The van der Waals surface area contributed by atoms with Crippen LogP contribution in [0.25, 0.3) is 55.7 Å². The van der Waals surface area contributed by atoms with E-state index in [4.69, 9.17) is 11.3 Å². The first-order chi connectivity index (χ1) is 24.2. The summed E-state index contributed by atoms with van der Waals surface area (Å²) in [5, 5.41) is 1.53. The molecule has 0 aliphatic carbocycles. The van der Waals surface area contributed by atoms with Crippen molar-refractivity contribution < 1.29 is 31.4 Å². The molecular weight excluding hydrogens is 743 g/mol. The molecule has 0 saturated carbocycles. The van der Waals surface area contributed by atoms with Crippen LogP contribution in [0.15, 0.2) is 150 Å². The number of furan rings is 1. The number of rotatable bonds is 5. The molecule has 225 valence electrons. The van der Waals surface area contributed by atoms with Crippen molar-refractivity contribution in [2.45, 2.75) is 13.2 Å². The van der Waals surface area contributed by atoms with Gasteiger partial charge in [0.05, 0.1) is 5.58 Å². The van der Waals surface area contributed by atoms with Crippen molar-refractivity contribution in [1.82, 2.24) is 15.0 Å². The summed E-state index contributed by atoms with van der Waals surface area (Å²) in [6.07, 6.45) is 1.38. The molecule has 4 aromatic heterocycles. The molecule has 0 aliphatic heterocycles. The van der Waals surface area contributed by atoms with Gasteiger partial charge >= 0.3 is 0 Å². The van der Waals surface area contributed by atoms with Crippen LogP contribution in [0.5, 0.6) is 0 Å². The van der Waals surface area contributed by atoms with E-state index in [1.807, 2.05) is 91.0 Å². The minimum Gasteiger partial charge on any atom is -0.486 e. The van der Waals surface area contributed by atoms with Crippen LogP contribution in [0.2, 0.25) is 0 Å². The van der Waals surface area contributed by atoms with E-state index in [1.165, 1.54) is 6.20 Å². The Hall–Kier alpha value is -5.22. The van der Waals surface area contributed by atoms with E-state index in [1.54, 1.807) is 48.7 Å². The zero-order valence-electron chi connectivity index (χ0n) is 29.4. The van der Waals surface area contributed by atoms with Crippen LogP contribution in [0.4, 0.5) is 0 Å². The molecule has 0 aliphatic rings. The fourth-order valence-electron chi connectivity index (χ4n) is 5.07. The van der Waals surface area contributed by atoms with E-state index in [2.05, 4.69) is 27.1 Å². The van der Waals surface area contributed by atoms with Crippen LogP contribution in [0.3, 0.4) is 0 Å². The van der Waals surface area contributed by atoms with Gasteiger partial charge in [-0.25, -0.2) is 4.98 Å². The molecule has 0 N–H and O–H groups in total. The molecule has 4 nitrogen and oxygen atoms in total. The fraction of sp³-hybridized carbons (Fsp3) is 0.0488. The van der Waals surface area contributed by atoms with Gasteiger partial charge in [0.25, 0.3) is 0 Å². The van der Waals surface area contributed by atoms with Gasteiger partial charge < -0.3 is 14.4 Å². The Kier molecular flexibility index (Phi) is 7.76. The van der Waals surface area contributed by atoms with Crippen LogP contribution < -0.4 is 0 Å². The molecule has 0 atom stereocenters. The summed E-state index contributed by atoms with van der Waals surface area (Å²) in [4.78, 5) is 13.3. The fourth-order valence-corrected chi connectivity index (χ4v) is 5.07. The Morgan fingerprint density at radius 3 is 2.30 bits per heavy atom. The maximum Gasteiger partial charge on any atom is 0.216 e. The first-order valence-electron chi connectivity index (χ1n) is 16.9. The number of pyridine rings is 3. The molecule has 46 heavy (non-hydrogen) atoms. The average Bonchev–Trinajstić information content (AvgIpc) is 3.54. The first-order valence-corrected chi connectivity index (χ1v) is 14.4. The third kappa shape index (κ3) is 6.72. The first kappa shape index (κ1) is 25.0. The minimum atomic E-state index is -2.33. The third-order valence-corrected chi connectivity index (χ3v) is 7.24. The molecule has 8 rings (SSSR count). The summed E-state index contributed by atoms with van der Waals surface area (Å²) in [6, 6.07) is 47.1. The summed E-state index contributed by atoms with van der Waals surface area (Å²) in [5.41, 5.74) is 6.15. The van der Waals surface area contributed by atoms with Gasteiger partial charge in [-0.2, -0.15) is 0 Å². The molecule has 4 aromatic carbocycles. The van der Waals surface area contributed by atoms with Crippen molar-refractivity contribution in [2.75, 3.05) is 0 Å². The van der Waals surface area contributed by atoms with Crippen LogP contribution in [-0.2, 0) is 26.5 Å². The molecule has 8 aromatic rings. The standard InChI is InChI=1S/C30H21N2O.C11H8N.Ir/c1-20-19-31-28(18-27(20)22-11-6-3-7-12-22)26-14-8-13-24-25-16-15-23(32-30(25)33-29(24)26)17-21-9-4-2-5-10-21;1-2-6-10(7-3-1)11-8-4-5-9-12-11;/h2-13,15-16,18-19H,17H2,1H3;1-6,8-9H;/q2*-1;/i1D3,17D2;;. The number of hydrogen-bond donors (Lipinski definition) is 0. The summed E-state index contributed by atoms with van der Waals surface area (Å²) in [7, 11) is 0. The van der Waals surface area contributed by atoms with Crippen LogP contribution >= 0.6 is 0 Å². The summed E-state index contributed by atoms with van der Waals surface area (Å²) < 4.78 is 47.5. The van der Waals surface area contributed by atoms with Crippen LogP contribution in [0, 0.1) is 19.0 Å². The Labute approximate surface area is 289 Å². The van der Waals surface area contributed by atoms with Crippen molar-refractivity contribution in [3.05, 3.63) is 175 Å². The molecule has 0 spiro atoms. The van der Waals surface area contributed by atoms with Crippen molar-refractivity contribution in [3.63, 3.8) is 0 Å². The van der Waals surface area contributed by atoms with E-state index in [0.717, 1.165) is 27.6 Å². The van der Waals surface area contributed by atoms with Gasteiger partial charge in [0, 0.05) is 56.8 Å². The molecule has 4 heterocycles. The number of benzene rings is 4. The van der Waals surface area contributed by atoms with Crippen LogP contribution in [-0.4, -0.2) is 15.0 Å². The molecule has 0 amide bonds. The quantitative estimate of drug-likeness (QED) is 0.163. The Bertz CT molecular complexity index is 2350. The largest absolute Gasteiger partial charge is 0.486 e. The van der Waals surface area contributed by atoms with Gasteiger partial charge in [0.1, 0.15) is 0 Å². The maximum atomic E-state index is 8.67.